The standard InChI is InChI=1S/C16H20N4O3/c1-11-4-6-23-15(11)16(21)18-8-12-7-13(22-2)9-20(12)14-3-5-17-10-19-14/h3-6,10,12-13H,7-9H2,1-2H3,(H,18,21)/t12-,13-/m1/s1. The van der Waals surface area contributed by atoms with Crippen LogP contribution < -0.4 is 10.2 Å². The molecule has 0 aliphatic carbocycles. The molecule has 2 aromatic heterocycles. The molecule has 0 unspecified atom stereocenters. The van der Waals surface area contributed by atoms with Crippen LogP contribution in [-0.2, 0) is 4.74 Å². The third-order valence-electron chi connectivity index (χ3n) is 4.14. The molecule has 3 heterocycles. The molecule has 2 aromatic rings. The van der Waals surface area contributed by atoms with Crippen molar-refractivity contribution < 1.29 is 13.9 Å². The van der Waals surface area contributed by atoms with E-state index in [-0.39, 0.29) is 18.1 Å². The molecule has 0 radical (unpaired) electrons. The maximum Gasteiger partial charge on any atom is 0.287 e. The number of nitrogens with one attached hydrogen (secondary N) is 1. The van der Waals surface area contributed by atoms with Crippen LogP contribution in [0, 0.1) is 6.92 Å². The first-order valence-electron chi connectivity index (χ1n) is 7.56. The Morgan fingerprint density at radius 1 is 1.52 bits per heavy atom. The maximum atomic E-state index is 12.2. The zero-order valence-electron chi connectivity index (χ0n) is 13.2. The smallest absolute Gasteiger partial charge is 0.287 e. The minimum Gasteiger partial charge on any atom is -0.459 e. The van der Waals surface area contributed by atoms with E-state index in [4.69, 9.17) is 9.15 Å². The van der Waals surface area contributed by atoms with Crippen LogP contribution >= 0.6 is 0 Å². The quantitative estimate of drug-likeness (QED) is 0.898. The van der Waals surface area contributed by atoms with Crippen molar-refractivity contribution >= 4 is 11.7 Å². The molecule has 122 valence electrons. The summed E-state index contributed by atoms with van der Waals surface area (Å²) in [6.45, 7) is 3.10. The molecule has 1 amide bonds. The molecule has 3 rings (SSSR count). The topological polar surface area (TPSA) is 80.5 Å². The number of furan rings is 1. The number of aromatic nitrogens is 2. The summed E-state index contributed by atoms with van der Waals surface area (Å²) in [6, 6.07) is 3.76. The fourth-order valence-corrected chi connectivity index (χ4v) is 2.87. The number of carbonyl (C=O) groups is 1. The second-order valence-corrected chi connectivity index (χ2v) is 5.61. The van der Waals surface area contributed by atoms with Gasteiger partial charge in [-0.1, -0.05) is 0 Å². The van der Waals surface area contributed by atoms with Crippen LogP contribution in [0.4, 0.5) is 5.82 Å². The van der Waals surface area contributed by atoms with Gasteiger partial charge >= 0.3 is 0 Å². The van der Waals surface area contributed by atoms with E-state index in [1.807, 2.05) is 13.0 Å². The van der Waals surface area contributed by atoms with E-state index < -0.39 is 0 Å². The molecule has 1 fully saturated rings. The van der Waals surface area contributed by atoms with Gasteiger partial charge in [0.1, 0.15) is 12.1 Å². The number of carbonyl (C=O) groups excluding carboxylic acids is 1. The Balaban J connectivity index is 1.67. The molecule has 1 aliphatic heterocycles. The van der Waals surface area contributed by atoms with Crippen LogP contribution in [0.3, 0.4) is 0 Å². The fourth-order valence-electron chi connectivity index (χ4n) is 2.87. The number of anilines is 1. The highest BCUT2D eigenvalue weighted by Crippen LogP contribution is 2.24. The molecule has 0 spiro atoms. The largest absolute Gasteiger partial charge is 0.459 e. The molecule has 0 saturated carbocycles. The Morgan fingerprint density at radius 3 is 3.04 bits per heavy atom. The van der Waals surface area contributed by atoms with Crippen LogP contribution in [0.1, 0.15) is 22.5 Å². The van der Waals surface area contributed by atoms with Gasteiger partial charge < -0.3 is 19.4 Å². The number of aryl methyl sites for hydroxylation is 1. The van der Waals surface area contributed by atoms with Gasteiger partial charge in [-0.3, -0.25) is 4.79 Å². The van der Waals surface area contributed by atoms with Gasteiger partial charge in [0.15, 0.2) is 5.76 Å². The average Bonchev–Trinajstić information content (AvgIpc) is 3.19. The summed E-state index contributed by atoms with van der Waals surface area (Å²) in [5.74, 6) is 1.00. The first-order valence-corrected chi connectivity index (χ1v) is 7.56. The van der Waals surface area contributed by atoms with E-state index in [9.17, 15) is 4.79 Å². The van der Waals surface area contributed by atoms with Gasteiger partial charge in [0, 0.05) is 32.0 Å². The molecule has 7 nitrogen and oxygen atoms in total. The van der Waals surface area contributed by atoms with Crippen LogP contribution in [-0.4, -0.2) is 48.2 Å². The highest BCUT2D eigenvalue weighted by Gasteiger charge is 2.33. The van der Waals surface area contributed by atoms with Crippen molar-refractivity contribution in [2.24, 2.45) is 0 Å². The molecule has 1 N–H and O–H groups in total. The van der Waals surface area contributed by atoms with Gasteiger partial charge in [-0.25, -0.2) is 9.97 Å². The van der Waals surface area contributed by atoms with Crippen LogP contribution in [0.15, 0.2) is 35.3 Å². The summed E-state index contributed by atoms with van der Waals surface area (Å²) in [6.07, 6.45) is 5.71. The van der Waals surface area contributed by atoms with Crippen molar-refractivity contribution in [3.63, 3.8) is 0 Å². The van der Waals surface area contributed by atoms with Crippen molar-refractivity contribution in [3.8, 4) is 0 Å². The molecule has 1 saturated heterocycles. The third kappa shape index (κ3) is 3.34. The number of ether oxygens (including phenoxy) is 1. The predicted molar refractivity (Wildman–Crippen MR) is 84.4 cm³/mol. The summed E-state index contributed by atoms with van der Waals surface area (Å²) in [7, 11) is 1.70. The lowest BCUT2D eigenvalue weighted by Crippen LogP contribution is -2.40. The van der Waals surface area contributed by atoms with E-state index in [1.165, 1.54) is 12.6 Å². The Labute approximate surface area is 134 Å². The van der Waals surface area contributed by atoms with E-state index in [0.717, 1.165) is 24.3 Å². The molecule has 1 aliphatic rings. The van der Waals surface area contributed by atoms with Crippen molar-refractivity contribution in [3.05, 3.63) is 42.2 Å². The van der Waals surface area contributed by atoms with Gasteiger partial charge in [-0.2, -0.15) is 0 Å². The summed E-state index contributed by atoms with van der Waals surface area (Å²) >= 11 is 0. The third-order valence-corrected chi connectivity index (χ3v) is 4.14. The Morgan fingerprint density at radius 2 is 2.39 bits per heavy atom. The van der Waals surface area contributed by atoms with Crippen molar-refractivity contribution in [2.75, 3.05) is 25.1 Å². The second-order valence-electron chi connectivity index (χ2n) is 5.61. The number of methoxy groups -OCH3 is 1. The van der Waals surface area contributed by atoms with E-state index in [1.54, 1.807) is 19.4 Å². The molecule has 0 bridgehead atoms. The number of rotatable bonds is 5. The zero-order chi connectivity index (χ0) is 16.2. The lowest BCUT2D eigenvalue weighted by molar-refractivity contribution is 0.0918. The first-order chi connectivity index (χ1) is 11.2. The molecule has 0 aromatic carbocycles. The minimum absolute atomic E-state index is 0.120. The molecular weight excluding hydrogens is 296 g/mol. The maximum absolute atomic E-state index is 12.2. The van der Waals surface area contributed by atoms with Gasteiger partial charge in [0.2, 0.25) is 0 Å². The van der Waals surface area contributed by atoms with E-state index in [2.05, 4.69) is 20.2 Å². The number of nitrogens with zero attached hydrogens (tertiary/aromatic N) is 3. The molecule has 23 heavy (non-hydrogen) atoms. The predicted octanol–water partition coefficient (Wildman–Crippen LogP) is 1.40. The van der Waals surface area contributed by atoms with E-state index in [0.29, 0.717) is 12.3 Å². The SMILES string of the molecule is CO[C@@H]1C[C@H](CNC(=O)c2occc2C)N(c2ccncn2)C1. The number of hydrogen-bond donors (Lipinski definition) is 1. The molecule has 2 atom stereocenters. The van der Waals surface area contributed by atoms with Gasteiger partial charge in [0.25, 0.3) is 5.91 Å². The number of hydrogen-bond acceptors (Lipinski definition) is 6. The average molecular weight is 316 g/mol. The van der Waals surface area contributed by atoms with Crippen molar-refractivity contribution in [2.45, 2.75) is 25.5 Å². The van der Waals surface area contributed by atoms with Gasteiger partial charge in [-0.05, 0) is 25.5 Å². The second kappa shape index (κ2) is 6.78. The Kier molecular flexibility index (Phi) is 4.57. The lowest BCUT2D eigenvalue weighted by Gasteiger charge is -2.25. The summed E-state index contributed by atoms with van der Waals surface area (Å²) in [4.78, 5) is 22.6. The van der Waals surface area contributed by atoms with Crippen LogP contribution in [0.5, 0.6) is 0 Å². The highest BCUT2D eigenvalue weighted by atomic mass is 16.5. The molecular formula is C16H20N4O3. The van der Waals surface area contributed by atoms with Crippen LogP contribution in [0.2, 0.25) is 0 Å². The number of amides is 1. The van der Waals surface area contributed by atoms with Gasteiger partial charge in [-0.15, -0.1) is 0 Å². The monoisotopic (exact) mass is 316 g/mol. The minimum atomic E-state index is -0.198. The highest BCUT2D eigenvalue weighted by molar-refractivity contribution is 5.92. The van der Waals surface area contributed by atoms with E-state index >= 15 is 0 Å². The van der Waals surface area contributed by atoms with Gasteiger partial charge in [0.05, 0.1) is 18.4 Å². The normalized spacial score (nSPS) is 20.7. The van der Waals surface area contributed by atoms with Crippen LogP contribution in [0.25, 0.3) is 0 Å². The Bertz CT molecular complexity index is 658. The lowest BCUT2D eigenvalue weighted by atomic mass is 10.2. The first kappa shape index (κ1) is 15.5. The fraction of sp³-hybridized carbons (Fsp3) is 0.438. The van der Waals surface area contributed by atoms with Crippen molar-refractivity contribution in [1.82, 2.24) is 15.3 Å². The summed E-state index contributed by atoms with van der Waals surface area (Å²) in [5.41, 5.74) is 0.830. The summed E-state index contributed by atoms with van der Waals surface area (Å²) < 4.78 is 10.7. The Hall–Kier alpha value is -2.41. The van der Waals surface area contributed by atoms with Crippen molar-refractivity contribution in [1.29, 1.82) is 0 Å². The zero-order valence-corrected chi connectivity index (χ0v) is 13.2. The summed E-state index contributed by atoms with van der Waals surface area (Å²) in [5, 5.41) is 2.94. The molecule has 7 heteroatoms.